The fourth-order valence-corrected chi connectivity index (χ4v) is 5.34. The molecule has 0 atom stereocenters. The first-order valence-corrected chi connectivity index (χ1v) is 13.7. The van der Waals surface area contributed by atoms with Crippen molar-refractivity contribution in [1.82, 2.24) is 20.4 Å². The molecule has 0 saturated heterocycles. The van der Waals surface area contributed by atoms with Gasteiger partial charge in [0.15, 0.2) is 5.78 Å². The van der Waals surface area contributed by atoms with Crippen molar-refractivity contribution < 1.29 is 14.7 Å². The highest BCUT2D eigenvalue weighted by Gasteiger charge is 2.27. The highest BCUT2D eigenvalue weighted by atomic mass is 16.3. The summed E-state index contributed by atoms with van der Waals surface area (Å²) in [5, 5.41) is 22.2. The summed E-state index contributed by atoms with van der Waals surface area (Å²) in [5.74, 6) is 0.417. The summed E-state index contributed by atoms with van der Waals surface area (Å²) < 4.78 is 0. The Bertz CT molecular complexity index is 1240. The standard InChI is InChI=1S/C24H25N3O3.C6H15N/c1-14(28)16-6-7-17-12-27(13-18(17)9-16)24(30)20-10-19-21(8-15-4-2-3-5-15)25-26-22(19)11-23(20)29;1-3-5-7-6-4-2/h6-7,9-11,15,29H,2-5,8,12-13H2,1H3,(H,25,26);7H,3-6H2,1-2H3. The van der Waals surface area contributed by atoms with Gasteiger partial charge in [-0.25, -0.2) is 0 Å². The molecule has 7 nitrogen and oxygen atoms in total. The second-order valence-electron chi connectivity index (χ2n) is 10.4. The molecule has 2 aromatic carbocycles. The minimum atomic E-state index is -0.206. The number of amides is 1. The zero-order valence-electron chi connectivity index (χ0n) is 22.4. The molecule has 1 aliphatic heterocycles. The number of carbonyl (C=O) groups excluding carboxylic acids is 2. The van der Waals surface area contributed by atoms with Gasteiger partial charge in [0.05, 0.1) is 11.1 Å². The Labute approximate surface area is 219 Å². The van der Waals surface area contributed by atoms with Crippen molar-refractivity contribution in [2.75, 3.05) is 13.1 Å². The third-order valence-electron chi connectivity index (χ3n) is 7.42. The van der Waals surface area contributed by atoms with E-state index in [0.29, 0.717) is 35.7 Å². The van der Waals surface area contributed by atoms with Gasteiger partial charge in [-0.2, -0.15) is 5.10 Å². The normalized spacial score (nSPS) is 15.1. The summed E-state index contributed by atoms with van der Waals surface area (Å²) in [6.45, 7) is 9.17. The van der Waals surface area contributed by atoms with Crippen molar-refractivity contribution in [3.8, 4) is 5.75 Å². The maximum Gasteiger partial charge on any atom is 0.258 e. The summed E-state index contributed by atoms with van der Waals surface area (Å²) in [6, 6.07) is 8.94. The van der Waals surface area contributed by atoms with E-state index in [1.165, 1.54) is 51.6 Å². The second-order valence-corrected chi connectivity index (χ2v) is 10.4. The van der Waals surface area contributed by atoms with Crippen LogP contribution in [0.15, 0.2) is 30.3 Å². The Morgan fingerprint density at radius 2 is 1.76 bits per heavy atom. The third kappa shape index (κ3) is 6.39. The zero-order chi connectivity index (χ0) is 26.4. The molecule has 2 heterocycles. The molecule has 5 rings (SSSR count). The van der Waals surface area contributed by atoms with E-state index < -0.39 is 0 Å². The number of benzene rings is 2. The summed E-state index contributed by atoms with van der Waals surface area (Å²) in [6.07, 6.45) is 8.46. The van der Waals surface area contributed by atoms with E-state index in [1.54, 1.807) is 30.0 Å². The van der Waals surface area contributed by atoms with Crippen molar-refractivity contribution in [2.24, 2.45) is 5.92 Å². The SMILES string of the molecule is CC(=O)c1ccc2c(c1)CN(C(=O)c1cc3c(CC4CCCC4)[nH]nc3cc1O)C2.CCCNCCC. The van der Waals surface area contributed by atoms with Crippen LogP contribution >= 0.6 is 0 Å². The molecule has 1 amide bonds. The number of phenols is 1. The minimum Gasteiger partial charge on any atom is -0.507 e. The van der Waals surface area contributed by atoms with Gasteiger partial charge in [-0.15, -0.1) is 0 Å². The van der Waals surface area contributed by atoms with Gasteiger partial charge in [-0.05, 0) is 68.5 Å². The molecule has 0 spiro atoms. The number of hydrogen-bond acceptors (Lipinski definition) is 5. The number of ketones is 1. The maximum atomic E-state index is 13.2. The first kappa shape index (κ1) is 26.9. The Hall–Kier alpha value is -3.19. The molecule has 7 heteroatoms. The summed E-state index contributed by atoms with van der Waals surface area (Å²) in [7, 11) is 0. The van der Waals surface area contributed by atoms with E-state index in [2.05, 4.69) is 29.4 Å². The molecule has 37 heavy (non-hydrogen) atoms. The summed E-state index contributed by atoms with van der Waals surface area (Å²) in [5.41, 5.74) is 4.72. The quantitative estimate of drug-likeness (QED) is 0.268. The van der Waals surface area contributed by atoms with Gasteiger partial charge in [0.2, 0.25) is 0 Å². The van der Waals surface area contributed by atoms with E-state index in [9.17, 15) is 14.7 Å². The maximum absolute atomic E-state index is 13.2. The first-order valence-electron chi connectivity index (χ1n) is 13.7. The number of phenolic OH excluding ortho intramolecular Hbond substituents is 1. The van der Waals surface area contributed by atoms with Crippen LogP contribution in [0.2, 0.25) is 0 Å². The Morgan fingerprint density at radius 3 is 2.43 bits per heavy atom. The van der Waals surface area contributed by atoms with Crippen LogP contribution in [0.1, 0.15) is 96.8 Å². The Morgan fingerprint density at radius 1 is 1.05 bits per heavy atom. The number of nitrogens with one attached hydrogen (secondary N) is 2. The Kier molecular flexibility index (Phi) is 8.98. The van der Waals surface area contributed by atoms with E-state index in [1.807, 2.05) is 12.1 Å². The summed E-state index contributed by atoms with van der Waals surface area (Å²) in [4.78, 5) is 26.6. The molecule has 0 unspecified atom stereocenters. The largest absolute Gasteiger partial charge is 0.507 e. The lowest BCUT2D eigenvalue weighted by Crippen LogP contribution is -2.25. The van der Waals surface area contributed by atoms with Crippen LogP contribution in [-0.2, 0) is 19.5 Å². The van der Waals surface area contributed by atoms with E-state index in [-0.39, 0.29) is 17.4 Å². The highest BCUT2D eigenvalue weighted by molar-refractivity contribution is 6.01. The van der Waals surface area contributed by atoms with Gasteiger partial charge in [0, 0.05) is 35.8 Å². The molecule has 1 aromatic heterocycles. The smallest absolute Gasteiger partial charge is 0.258 e. The van der Waals surface area contributed by atoms with E-state index in [0.717, 1.165) is 28.6 Å². The van der Waals surface area contributed by atoms with Crippen molar-refractivity contribution in [3.05, 3.63) is 58.3 Å². The fraction of sp³-hybridized carbons (Fsp3) is 0.500. The monoisotopic (exact) mass is 504 g/mol. The number of aromatic nitrogens is 2. The number of hydrogen-bond donors (Lipinski definition) is 3. The van der Waals surface area contributed by atoms with Crippen LogP contribution in [0.25, 0.3) is 10.9 Å². The van der Waals surface area contributed by atoms with Crippen molar-refractivity contribution in [1.29, 1.82) is 0 Å². The van der Waals surface area contributed by atoms with E-state index in [4.69, 9.17) is 0 Å². The molecule has 2 aliphatic rings. The van der Waals surface area contributed by atoms with Gasteiger partial charge in [-0.1, -0.05) is 51.7 Å². The first-order chi connectivity index (χ1) is 17.9. The third-order valence-corrected chi connectivity index (χ3v) is 7.42. The molecule has 1 saturated carbocycles. The number of rotatable bonds is 8. The van der Waals surface area contributed by atoms with Crippen LogP contribution in [0.5, 0.6) is 5.75 Å². The van der Waals surface area contributed by atoms with Gasteiger partial charge in [0.25, 0.3) is 5.91 Å². The second kappa shape index (κ2) is 12.4. The lowest BCUT2D eigenvalue weighted by Gasteiger charge is -2.16. The molecule has 3 N–H and O–H groups in total. The predicted molar refractivity (Wildman–Crippen MR) is 147 cm³/mol. The number of H-pyrrole nitrogens is 1. The number of fused-ring (bicyclic) bond motifs is 2. The molecule has 198 valence electrons. The highest BCUT2D eigenvalue weighted by Crippen LogP contribution is 2.33. The molecule has 0 radical (unpaired) electrons. The van der Waals surface area contributed by atoms with Crippen molar-refractivity contribution in [2.45, 2.75) is 78.8 Å². The van der Waals surface area contributed by atoms with Crippen LogP contribution in [-0.4, -0.2) is 45.0 Å². The van der Waals surface area contributed by atoms with Crippen molar-refractivity contribution >= 4 is 22.6 Å². The number of Topliss-reactive ketones (excluding diaryl/α,β-unsaturated/α-hetero) is 1. The number of aromatic hydroxyl groups is 1. The van der Waals surface area contributed by atoms with Gasteiger partial charge < -0.3 is 15.3 Å². The zero-order valence-corrected chi connectivity index (χ0v) is 22.4. The molecule has 1 fully saturated rings. The molecule has 1 aliphatic carbocycles. The van der Waals surface area contributed by atoms with Crippen LogP contribution < -0.4 is 5.32 Å². The van der Waals surface area contributed by atoms with Gasteiger partial charge in [-0.3, -0.25) is 14.7 Å². The summed E-state index contributed by atoms with van der Waals surface area (Å²) >= 11 is 0. The van der Waals surface area contributed by atoms with E-state index >= 15 is 0 Å². The van der Waals surface area contributed by atoms with Gasteiger partial charge >= 0.3 is 0 Å². The average molecular weight is 505 g/mol. The lowest BCUT2D eigenvalue weighted by atomic mass is 9.99. The number of aromatic amines is 1. The number of carbonyl (C=O) groups is 2. The van der Waals surface area contributed by atoms with Crippen LogP contribution in [0.3, 0.4) is 0 Å². The topological polar surface area (TPSA) is 98.3 Å². The van der Waals surface area contributed by atoms with Crippen LogP contribution in [0, 0.1) is 5.92 Å². The molecule has 0 bridgehead atoms. The number of nitrogens with zero attached hydrogens (tertiary/aromatic N) is 2. The lowest BCUT2D eigenvalue weighted by molar-refractivity contribution is 0.0748. The molecule has 3 aromatic rings. The van der Waals surface area contributed by atoms with Gasteiger partial charge in [0.1, 0.15) is 5.75 Å². The minimum absolute atomic E-state index is 0.0143. The average Bonchev–Trinajstić information content (AvgIpc) is 3.64. The predicted octanol–water partition coefficient (Wildman–Crippen LogP) is 5.76. The molecular formula is C30H40N4O3. The van der Waals surface area contributed by atoms with Crippen LogP contribution in [0.4, 0.5) is 0 Å². The molecular weight excluding hydrogens is 464 g/mol. The Balaban J connectivity index is 0.000000405. The fourth-order valence-electron chi connectivity index (χ4n) is 5.34. The van der Waals surface area contributed by atoms with Crippen molar-refractivity contribution in [3.63, 3.8) is 0 Å².